The second-order valence-electron chi connectivity index (χ2n) is 5.95. The first-order valence-electron chi connectivity index (χ1n) is 8.00. The molecule has 0 aliphatic heterocycles. The van der Waals surface area contributed by atoms with Gasteiger partial charge in [0.2, 0.25) is 0 Å². The molecule has 0 unspecified atom stereocenters. The Morgan fingerprint density at radius 2 is 1.46 bits per heavy atom. The molecule has 4 rings (SSSR count). The molecule has 2 aromatic heterocycles. The highest BCUT2D eigenvalue weighted by atomic mass is 32.1. The van der Waals surface area contributed by atoms with Gasteiger partial charge in [0.05, 0.1) is 10.6 Å². The van der Waals surface area contributed by atoms with E-state index in [-0.39, 0.29) is 0 Å². The van der Waals surface area contributed by atoms with Crippen LogP contribution in [0.15, 0.2) is 66.7 Å². The van der Waals surface area contributed by atoms with Crippen LogP contribution in [0.1, 0.15) is 11.3 Å². The summed E-state index contributed by atoms with van der Waals surface area (Å²) in [6.45, 7) is 4.19. The molecule has 24 heavy (non-hydrogen) atoms. The van der Waals surface area contributed by atoms with Crippen LogP contribution in [0.2, 0.25) is 0 Å². The van der Waals surface area contributed by atoms with E-state index in [0.717, 1.165) is 27.7 Å². The molecule has 0 spiro atoms. The van der Waals surface area contributed by atoms with E-state index in [1.165, 1.54) is 16.0 Å². The van der Waals surface area contributed by atoms with E-state index in [1.54, 1.807) is 11.3 Å². The van der Waals surface area contributed by atoms with Gasteiger partial charge in [-0.2, -0.15) is 0 Å². The van der Waals surface area contributed by atoms with E-state index >= 15 is 0 Å². The van der Waals surface area contributed by atoms with E-state index in [0.29, 0.717) is 0 Å². The monoisotopic (exact) mass is 330 g/mol. The Balaban J connectivity index is 1.69. The van der Waals surface area contributed by atoms with Gasteiger partial charge in [0.15, 0.2) is 0 Å². The number of aromatic amines is 1. The molecule has 2 nitrogen and oxygen atoms in total. The summed E-state index contributed by atoms with van der Waals surface area (Å²) < 4.78 is 0. The van der Waals surface area contributed by atoms with Crippen LogP contribution in [-0.2, 0) is 0 Å². The highest BCUT2D eigenvalue weighted by Crippen LogP contribution is 2.34. The van der Waals surface area contributed by atoms with Crippen LogP contribution in [0, 0.1) is 13.8 Å². The summed E-state index contributed by atoms with van der Waals surface area (Å²) in [4.78, 5) is 10.7. The molecule has 0 bridgehead atoms. The summed E-state index contributed by atoms with van der Waals surface area (Å²) in [5, 5.41) is 0. The quantitative estimate of drug-likeness (QED) is 0.484. The molecule has 2 heterocycles. The Labute approximate surface area is 145 Å². The van der Waals surface area contributed by atoms with Gasteiger partial charge in [0, 0.05) is 16.1 Å². The molecule has 4 aromatic rings. The molecule has 0 atom stereocenters. The van der Waals surface area contributed by atoms with Crippen LogP contribution in [0.5, 0.6) is 0 Å². The lowest BCUT2D eigenvalue weighted by Crippen LogP contribution is -1.79. The minimum atomic E-state index is 0.940. The molecule has 2 aromatic carbocycles. The molecule has 0 fully saturated rings. The second kappa shape index (κ2) is 6.10. The fourth-order valence-electron chi connectivity index (χ4n) is 2.79. The Kier molecular flexibility index (Phi) is 3.79. The van der Waals surface area contributed by atoms with Crippen molar-refractivity contribution in [1.82, 2.24) is 9.97 Å². The van der Waals surface area contributed by atoms with E-state index in [9.17, 15) is 0 Å². The molecule has 0 saturated heterocycles. The van der Waals surface area contributed by atoms with Gasteiger partial charge in [-0.3, -0.25) is 0 Å². The third-order valence-corrected chi connectivity index (χ3v) is 5.25. The van der Waals surface area contributed by atoms with E-state index in [1.807, 2.05) is 18.2 Å². The predicted octanol–water partition coefficient (Wildman–Crippen LogP) is 6.09. The molecule has 118 valence electrons. The number of aryl methyl sites for hydroxylation is 2. The van der Waals surface area contributed by atoms with Crippen LogP contribution in [0.4, 0.5) is 0 Å². The molecule has 1 N–H and O–H groups in total. The van der Waals surface area contributed by atoms with Crippen molar-refractivity contribution in [3.8, 4) is 32.4 Å². The standard InChI is InChI=1S/C21H18N2S/c1-14-8-10-16(11-9-14)18-12-13-19(24-18)21-22-15(2)20(23-21)17-6-4-3-5-7-17/h3-13H,1-2H3,(H,22,23). The fourth-order valence-corrected chi connectivity index (χ4v) is 3.75. The Morgan fingerprint density at radius 3 is 2.21 bits per heavy atom. The SMILES string of the molecule is Cc1ccc(-c2ccc(-c3nc(-c4ccccc4)c(C)[nH]3)s2)cc1. The highest BCUT2D eigenvalue weighted by molar-refractivity contribution is 7.18. The molecule has 0 aliphatic carbocycles. The van der Waals surface area contributed by atoms with Crippen molar-refractivity contribution in [3.05, 3.63) is 78.0 Å². The van der Waals surface area contributed by atoms with Gasteiger partial charge in [-0.1, -0.05) is 60.2 Å². The van der Waals surface area contributed by atoms with Crippen molar-refractivity contribution in [3.63, 3.8) is 0 Å². The van der Waals surface area contributed by atoms with Crippen molar-refractivity contribution in [1.29, 1.82) is 0 Å². The summed E-state index contributed by atoms with van der Waals surface area (Å²) >= 11 is 1.77. The zero-order valence-corrected chi connectivity index (χ0v) is 14.5. The number of nitrogens with zero attached hydrogens (tertiary/aromatic N) is 1. The van der Waals surface area contributed by atoms with Crippen molar-refractivity contribution >= 4 is 11.3 Å². The van der Waals surface area contributed by atoms with Gasteiger partial charge in [0.1, 0.15) is 5.82 Å². The molecular weight excluding hydrogens is 312 g/mol. The van der Waals surface area contributed by atoms with Crippen molar-refractivity contribution in [2.45, 2.75) is 13.8 Å². The van der Waals surface area contributed by atoms with Crippen molar-refractivity contribution in [2.24, 2.45) is 0 Å². The maximum absolute atomic E-state index is 4.83. The van der Waals surface area contributed by atoms with Gasteiger partial charge in [-0.05, 0) is 31.5 Å². The number of nitrogens with one attached hydrogen (secondary N) is 1. The molecular formula is C21H18N2S. The Morgan fingerprint density at radius 1 is 0.750 bits per heavy atom. The van der Waals surface area contributed by atoms with Gasteiger partial charge in [-0.25, -0.2) is 4.98 Å². The maximum Gasteiger partial charge on any atom is 0.148 e. The normalized spacial score (nSPS) is 10.9. The number of aromatic nitrogens is 2. The minimum Gasteiger partial charge on any atom is -0.341 e. The van der Waals surface area contributed by atoms with Crippen molar-refractivity contribution in [2.75, 3.05) is 0 Å². The zero-order valence-electron chi connectivity index (χ0n) is 13.7. The lowest BCUT2D eigenvalue weighted by Gasteiger charge is -1.97. The fraction of sp³-hybridized carbons (Fsp3) is 0.0952. The summed E-state index contributed by atoms with van der Waals surface area (Å²) in [7, 11) is 0. The van der Waals surface area contributed by atoms with Crippen LogP contribution < -0.4 is 0 Å². The van der Waals surface area contributed by atoms with Gasteiger partial charge < -0.3 is 4.98 Å². The summed E-state index contributed by atoms with van der Waals surface area (Å²) in [5.74, 6) is 0.940. The third kappa shape index (κ3) is 2.79. The number of benzene rings is 2. The highest BCUT2D eigenvalue weighted by Gasteiger charge is 2.12. The molecule has 0 aliphatic rings. The number of hydrogen-bond acceptors (Lipinski definition) is 2. The number of imidazole rings is 1. The van der Waals surface area contributed by atoms with E-state index < -0.39 is 0 Å². The smallest absolute Gasteiger partial charge is 0.148 e. The third-order valence-electron chi connectivity index (χ3n) is 4.11. The summed E-state index contributed by atoms with van der Waals surface area (Å²) in [6.07, 6.45) is 0. The summed E-state index contributed by atoms with van der Waals surface area (Å²) in [6, 6.07) is 23.3. The first-order chi connectivity index (χ1) is 11.7. The molecule has 0 saturated carbocycles. The van der Waals surface area contributed by atoms with Crippen LogP contribution in [0.25, 0.3) is 32.4 Å². The molecule has 0 radical (unpaired) electrons. The lowest BCUT2D eigenvalue weighted by molar-refractivity contribution is 1.26. The zero-order chi connectivity index (χ0) is 16.5. The van der Waals surface area contributed by atoms with Crippen LogP contribution in [-0.4, -0.2) is 9.97 Å². The average molecular weight is 330 g/mol. The first-order valence-corrected chi connectivity index (χ1v) is 8.81. The Hall–Kier alpha value is -2.65. The number of H-pyrrole nitrogens is 1. The predicted molar refractivity (Wildman–Crippen MR) is 102 cm³/mol. The maximum atomic E-state index is 4.83. The largest absolute Gasteiger partial charge is 0.341 e. The molecule has 3 heteroatoms. The lowest BCUT2D eigenvalue weighted by atomic mass is 10.1. The number of thiophene rings is 1. The van der Waals surface area contributed by atoms with Crippen LogP contribution in [0.3, 0.4) is 0 Å². The number of hydrogen-bond donors (Lipinski definition) is 1. The topological polar surface area (TPSA) is 28.7 Å². The Bertz CT molecular complexity index is 963. The number of rotatable bonds is 3. The minimum absolute atomic E-state index is 0.940. The van der Waals surface area contributed by atoms with E-state index in [2.05, 4.69) is 67.4 Å². The summed E-state index contributed by atoms with van der Waals surface area (Å²) in [5.41, 5.74) is 5.80. The molecule has 0 amide bonds. The van der Waals surface area contributed by atoms with Crippen LogP contribution >= 0.6 is 11.3 Å². The average Bonchev–Trinajstić information content (AvgIpc) is 3.23. The first kappa shape index (κ1) is 14.9. The van der Waals surface area contributed by atoms with E-state index in [4.69, 9.17) is 4.98 Å². The van der Waals surface area contributed by atoms with Gasteiger partial charge >= 0.3 is 0 Å². The van der Waals surface area contributed by atoms with Crippen molar-refractivity contribution < 1.29 is 0 Å². The van der Waals surface area contributed by atoms with Gasteiger partial charge in [0.25, 0.3) is 0 Å². The second-order valence-corrected chi connectivity index (χ2v) is 7.04. The van der Waals surface area contributed by atoms with Gasteiger partial charge in [-0.15, -0.1) is 11.3 Å².